The van der Waals surface area contributed by atoms with Gasteiger partial charge in [0.05, 0.1) is 24.0 Å². The Bertz CT molecular complexity index is 1190. The summed E-state index contributed by atoms with van der Waals surface area (Å²) in [5.74, 6) is -0.176. The molecule has 10 heteroatoms. The van der Waals surface area contributed by atoms with Crippen LogP contribution in [0.3, 0.4) is 0 Å². The molecule has 5 N–H and O–H groups in total. The molecule has 1 saturated carbocycles. The smallest absolute Gasteiger partial charge is 0.277 e. The van der Waals surface area contributed by atoms with Crippen LogP contribution in [0.2, 0.25) is 0 Å². The Morgan fingerprint density at radius 1 is 1.31 bits per heavy atom. The summed E-state index contributed by atoms with van der Waals surface area (Å²) in [5.41, 5.74) is 6.50. The lowest BCUT2D eigenvalue weighted by Gasteiger charge is -2.15. The third-order valence-corrected chi connectivity index (χ3v) is 4.76. The highest BCUT2D eigenvalue weighted by Gasteiger charge is 2.30. The number of methoxy groups -OCH3 is 1. The van der Waals surface area contributed by atoms with Crippen molar-refractivity contribution >= 4 is 40.0 Å². The van der Waals surface area contributed by atoms with E-state index in [1.54, 1.807) is 31.3 Å². The van der Waals surface area contributed by atoms with E-state index in [0.717, 1.165) is 12.8 Å². The van der Waals surface area contributed by atoms with Gasteiger partial charge in [0.2, 0.25) is 5.91 Å². The highest BCUT2D eigenvalue weighted by molar-refractivity contribution is 6.00. The van der Waals surface area contributed by atoms with Crippen LogP contribution in [0.4, 0.5) is 17.2 Å². The summed E-state index contributed by atoms with van der Waals surface area (Å²) in [7, 11) is 3.00. The first kappa shape index (κ1) is 18.5. The number of nitrogens with two attached hydrogens (primary N) is 1. The zero-order valence-electron chi connectivity index (χ0n) is 15.9. The first-order valence-corrected chi connectivity index (χ1v) is 9.03. The second-order valence-electron chi connectivity index (χ2n) is 6.89. The van der Waals surface area contributed by atoms with Crippen molar-refractivity contribution in [3.63, 3.8) is 0 Å². The van der Waals surface area contributed by atoms with Crippen molar-refractivity contribution in [3.8, 4) is 5.75 Å². The number of para-hydroxylation sites is 1. The molecule has 0 unspecified atom stereocenters. The highest BCUT2D eigenvalue weighted by atomic mass is 16.5. The molecule has 1 aromatic carbocycles. The molecule has 2 amide bonds. The maximum atomic E-state index is 12.6. The fraction of sp³-hybridized carbons (Fsp3) is 0.263. The molecule has 0 bridgehead atoms. The van der Waals surface area contributed by atoms with E-state index in [2.05, 4.69) is 20.7 Å². The van der Waals surface area contributed by atoms with Crippen molar-refractivity contribution in [2.45, 2.75) is 12.8 Å². The molecule has 2 heterocycles. The van der Waals surface area contributed by atoms with Crippen LogP contribution in [0.1, 0.15) is 23.2 Å². The van der Waals surface area contributed by atoms with Gasteiger partial charge in [-0.2, -0.15) is 0 Å². The average molecular weight is 396 g/mol. The van der Waals surface area contributed by atoms with Crippen LogP contribution in [0.15, 0.2) is 29.1 Å². The van der Waals surface area contributed by atoms with Gasteiger partial charge in [-0.05, 0) is 25.0 Å². The first-order chi connectivity index (χ1) is 13.9. The quantitative estimate of drug-likeness (QED) is 0.496. The van der Waals surface area contributed by atoms with E-state index >= 15 is 0 Å². The summed E-state index contributed by atoms with van der Waals surface area (Å²) in [6.07, 6.45) is 1.72. The van der Waals surface area contributed by atoms with Crippen molar-refractivity contribution < 1.29 is 14.3 Å². The number of pyridine rings is 1. The van der Waals surface area contributed by atoms with Gasteiger partial charge < -0.3 is 21.1 Å². The number of aromatic nitrogens is 3. The third-order valence-electron chi connectivity index (χ3n) is 4.76. The highest BCUT2D eigenvalue weighted by Crippen LogP contribution is 2.34. The van der Waals surface area contributed by atoms with Crippen LogP contribution < -0.4 is 26.7 Å². The summed E-state index contributed by atoms with van der Waals surface area (Å²) >= 11 is 0. The van der Waals surface area contributed by atoms with Gasteiger partial charge >= 0.3 is 0 Å². The zero-order valence-corrected chi connectivity index (χ0v) is 15.9. The minimum absolute atomic E-state index is 0.00562. The molecule has 1 aliphatic rings. The molecule has 0 atom stereocenters. The Balaban J connectivity index is 1.82. The number of primary amides is 1. The molecule has 0 aliphatic heterocycles. The van der Waals surface area contributed by atoms with Gasteiger partial charge in [0.1, 0.15) is 11.2 Å². The molecule has 29 heavy (non-hydrogen) atoms. The molecule has 10 nitrogen and oxygen atoms in total. The van der Waals surface area contributed by atoms with Crippen LogP contribution in [0.25, 0.3) is 11.0 Å². The fourth-order valence-electron chi connectivity index (χ4n) is 3.15. The Morgan fingerprint density at radius 3 is 2.72 bits per heavy atom. The summed E-state index contributed by atoms with van der Waals surface area (Å²) in [6.45, 7) is 0. The SMILES string of the molecule is COc1c(Nc2cc(NC(=O)C3CC3)nc3[nH]n(C)c(=O)c23)cccc1C(N)=O. The fourth-order valence-corrected chi connectivity index (χ4v) is 3.15. The minimum Gasteiger partial charge on any atom is -0.494 e. The maximum Gasteiger partial charge on any atom is 0.277 e. The van der Waals surface area contributed by atoms with Gasteiger partial charge in [0.15, 0.2) is 11.4 Å². The number of amides is 2. The summed E-state index contributed by atoms with van der Waals surface area (Å²) < 4.78 is 6.65. The molecule has 3 aromatic rings. The summed E-state index contributed by atoms with van der Waals surface area (Å²) in [4.78, 5) is 40.8. The van der Waals surface area contributed by atoms with E-state index in [4.69, 9.17) is 10.5 Å². The van der Waals surface area contributed by atoms with Gasteiger partial charge in [-0.25, -0.2) is 4.98 Å². The Morgan fingerprint density at radius 2 is 2.07 bits per heavy atom. The van der Waals surface area contributed by atoms with E-state index in [1.165, 1.54) is 11.8 Å². The molecule has 2 aromatic heterocycles. The molecule has 150 valence electrons. The number of nitrogens with zero attached hydrogens (tertiary/aromatic N) is 2. The van der Waals surface area contributed by atoms with Crippen LogP contribution in [0.5, 0.6) is 5.75 Å². The Labute approximate surface area is 165 Å². The number of carbonyl (C=O) groups is 2. The predicted molar refractivity (Wildman–Crippen MR) is 107 cm³/mol. The standard InChI is InChI=1S/C19H20N6O4/c1-25-19(28)14-12(21-11-5-3-4-10(16(20)26)15(11)29-2)8-13(22-17(14)24-25)23-18(27)9-6-7-9/h3-5,8-9H,6-7H2,1-2H3,(H2,20,26)(H3,21,22,23,24,27). The molecular formula is C19H20N6O4. The van der Waals surface area contributed by atoms with Crippen LogP contribution in [-0.2, 0) is 11.8 Å². The number of anilines is 3. The first-order valence-electron chi connectivity index (χ1n) is 9.03. The number of benzene rings is 1. The molecular weight excluding hydrogens is 376 g/mol. The average Bonchev–Trinajstić information content (AvgIpc) is 3.48. The van der Waals surface area contributed by atoms with Crippen molar-refractivity contribution in [1.29, 1.82) is 0 Å². The number of fused-ring (bicyclic) bond motifs is 1. The van der Waals surface area contributed by atoms with E-state index in [1.807, 2.05) is 0 Å². The van der Waals surface area contributed by atoms with Crippen LogP contribution in [0, 0.1) is 5.92 Å². The number of carbonyl (C=O) groups excluding carboxylic acids is 2. The van der Waals surface area contributed by atoms with Gasteiger partial charge in [0.25, 0.3) is 11.5 Å². The largest absolute Gasteiger partial charge is 0.494 e. The monoisotopic (exact) mass is 396 g/mol. The van der Waals surface area contributed by atoms with E-state index in [0.29, 0.717) is 28.2 Å². The van der Waals surface area contributed by atoms with Crippen molar-refractivity contribution in [3.05, 3.63) is 40.2 Å². The maximum absolute atomic E-state index is 12.6. The molecule has 1 fully saturated rings. The normalized spacial score (nSPS) is 13.3. The summed E-state index contributed by atoms with van der Waals surface area (Å²) in [6, 6.07) is 6.46. The topological polar surface area (TPSA) is 144 Å². The lowest BCUT2D eigenvalue weighted by atomic mass is 10.1. The number of hydrogen-bond donors (Lipinski definition) is 4. The third kappa shape index (κ3) is 3.40. The second kappa shape index (κ2) is 6.97. The van der Waals surface area contributed by atoms with Gasteiger partial charge in [-0.3, -0.25) is 24.2 Å². The van der Waals surface area contributed by atoms with E-state index < -0.39 is 5.91 Å². The molecule has 0 saturated heterocycles. The lowest BCUT2D eigenvalue weighted by Crippen LogP contribution is -2.15. The van der Waals surface area contributed by atoms with Crippen molar-refractivity contribution in [2.24, 2.45) is 18.7 Å². The zero-order chi connectivity index (χ0) is 20.7. The number of aromatic amines is 1. The summed E-state index contributed by atoms with van der Waals surface area (Å²) in [5, 5.41) is 9.07. The van der Waals surface area contributed by atoms with Crippen LogP contribution in [-0.4, -0.2) is 33.7 Å². The minimum atomic E-state index is -0.639. The number of hydrogen-bond acceptors (Lipinski definition) is 6. The van der Waals surface area contributed by atoms with Gasteiger partial charge in [0, 0.05) is 19.0 Å². The molecule has 4 rings (SSSR count). The van der Waals surface area contributed by atoms with E-state index in [-0.39, 0.29) is 28.7 Å². The molecule has 0 spiro atoms. The number of H-pyrrole nitrogens is 1. The number of rotatable bonds is 6. The van der Waals surface area contributed by atoms with E-state index in [9.17, 15) is 14.4 Å². The van der Waals surface area contributed by atoms with Crippen LogP contribution >= 0.6 is 0 Å². The lowest BCUT2D eigenvalue weighted by molar-refractivity contribution is -0.117. The Kier molecular flexibility index (Phi) is 4.45. The van der Waals surface area contributed by atoms with Crippen molar-refractivity contribution in [2.75, 3.05) is 17.7 Å². The molecule has 1 aliphatic carbocycles. The number of nitrogens with one attached hydrogen (secondary N) is 3. The predicted octanol–water partition coefficient (Wildman–Crippen LogP) is 1.46. The Hall–Kier alpha value is -3.82. The van der Waals surface area contributed by atoms with Gasteiger partial charge in [-0.15, -0.1) is 0 Å². The number of aryl methyl sites for hydroxylation is 1. The number of ether oxygens (including phenoxy) is 1. The second-order valence-corrected chi connectivity index (χ2v) is 6.89. The molecule has 0 radical (unpaired) electrons. The van der Waals surface area contributed by atoms with Gasteiger partial charge in [-0.1, -0.05) is 6.07 Å². The van der Waals surface area contributed by atoms with Crippen molar-refractivity contribution in [1.82, 2.24) is 14.8 Å².